The predicted molar refractivity (Wildman–Crippen MR) is 100 cm³/mol. The molecule has 0 saturated carbocycles. The Bertz CT molecular complexity index is 975. The van der Waals surface area contributed by atoms with Crippen molar-refractivity contribution < 1.29 is 19.4 Å². The number of amides is 1. The molecule has 1 unspecified atom stereocenters. The van der Waals surface area contributed by atoms with Gasteiger partial charge in [-0.1, -0.05) is 0 Å². The average molecular weight is 365 g/mol. The van der Waals surface area contributed by atoms with Gasteiger partial charge in [0.05, 0.1) is 24.3 Å². The number of hydrogen-bond donors (Lipinski definition) is 2. The molecule has 2 aromatic heterocycles. The molecule has 0 aliphatic carbocycles. The van der Waals surface area contributed by atoms with Crippen molar-refractivity contribution >= 4 is 11.9 Å². The van der Waals surface area contributed by atoms with Crippen LogP contribution in [-0.4, -0.2) is 33.6 Å². The van der Waals surface area contributed by atoms with E-state index < -0.39 is 17.8 Å². The molecule has 0 aliphatic heterocycles. The molecule has 7 nitrogen and oxygen atoms in total. The van der Waals surface area contributed by atoms with E-state index in [0.29, 0.717) is 11.5 Å². The first kappa shape index (κ1) is 18.2. The topological polar surface area (TPSA) is 107 Å². The number of hydrogen-bond acceptors (Lipinski definition) is 4. The second kappa shape index (κ2) is 7.33. The molecule has 0 spiro atoms. The van der Waals surface area contributed by atoms with Crippen LogP contribution in [0.1, 0.15) is 28.9 Å². The molecule has 1 atom stereocenters. The highest BCUT2D eigenvalue weighted by molar-refractivity contribution is 5.92. The standard InChI is InChI=1S/C20H19N3O4/c1-12(20(25)26)16-8-9-17(13-3-6-15(27-2)7-4-13)23(16)18-10-5-14(11-22-18)19(21)24/h3-12H,1-2H3,(H2,21,24)(H,25,26). The van der Waals surface area contributed by atoms with Gasteiger partial charge in [-0.3, -0.25) is 14.2 Å². The summed E-state index contributed by atoms with van der Waals surface area (Å²) < 4.78 is 6.96. The summed E-state index contributed by atoms with van der Waals surface area (Å²) in [6.45, 7) is 1.61. The molecule has 0 radical (unpaired) electrons. The maximum atomic E-state index is 11.5. The molecular formula is C20H19N3O4. The minimum atomic E-state index is -0.940. The predicted octanol–water partition coefficient (Wildman–Crippen LogP) is 2.83. The van der Waals surface area contributed by atoms with Crippen molar-refractivity contribution in [2.45, 2.75) is 12.8 Å². The highest BCUT2D eigenvalue weighted by atomic mass is 16.5. The zero-order chi connectivity index (χ0) is 19.6. The van der Waals surface area contributed by atoms with Gasteiger partial charge in [0.15, 0.2) is 0 Å². The lowest BCUT2D eigenvalue weighted by Crippen LogP contribution is -2.15. The van der Waals surface area contributed by atoms with Crippen LogP contribution in [0.15, 0.2) is 54.7 Å². The Morgan fingerprint density at radius 1 is 1.11 bits per heavy atom. The van der Waals surface area contributed by atoms with E-state index in [1.54, 1.807) is 36.8 Å². The van der Waals surface area contributed by atoms with Gasteiger partial charge in [0.1, 0.15) is 11.6 Å². The summed E-state index contributed by atoms with van der Waals surface area (Å²) in [7, 11) is 1.59. The number of carbonyl (C=O) groups is 2. The maximum Gasteiger partial charge on any atom is 0.312 e. The van der Waals surface area contributed by atoms with Crippen molar-refractivity contribution in [1.82, 2.24) is 9.55 Å². The van der Waals surface area contributed by atoms with Crippen LogP contribution >= 0.6 is 0 Å². The number of carbonyl (C=O) groups excluding carboxylic acids is 1. The van der Waals surface area contributed by atoms with E-state index in [1.165, 1.54) is 6.20 Å². The number of benzene rings is 1. The number of nitrogens with zero attached hydrogens (tertiary/aromatic N) is 2. The summed E-state index contributed by atoms with van der Waals surface area (Å²) in [6, 6.07) is 14.3. The molecule has 138 valence electrons. The zero-order valence-electron chi connectivity index (χ0n) is 14.9. The van der Waals surface area contributed by atoms with E-state index in [0.717, 1.165) is 17.0 Å². The normalized spacial score (nSPS) is 11.8. The minimum absolute atomic E-state index is 0.282. The molecule has 0 aliphatic rings. The quantitative estimate of drug-likeness (QED) is 0.698. The number of aromatic nitrogens is 2. The van der Waals surface area contributed by atoms with Crippen molar-refractivity contribution in [2.75, 3.05) is 7.11 Å². The number of primary amides is 1. The molecule has 2 heterocycles. The molecular weight excluding hydrogens is 346 g/mol. The number of nitrogens with two attached hydrogens (primary N) is 1. The molecule has 3 N–H and O–H groups in total. The van der Waals surface area contributed by atoms with Crippen LogP contribution in [0.4, 0.5) is 0 Å². The van der Waals surface area contributed by atoms with E-state index in [4.69, 9.17) is 10.5 Å². The lowest BCUT2D eigenvalue weighted by Gasteiger charge is -2.16. The number of carboxylic acid groups (broad SMARTS) is 1. The fourth-order valence-electron chi connectivity index (χ4n) is 2.82. The number of methoxy groups -OCH3 is 1. The number of carboxylic acids is 1. The Hall–Kier alpha value is -3.61. The molecule has 0 saturated heterocycles. The smallest absolute Gasteiger partial charge is 0.312 e. The van der Waals surface area contributed by atoms with Crippen molar-refractivity contribution in [3.8, 4) is 22.8 Å². The largest absolute Gasteiger partial charge is 0.497 e. The Morgan fingerprint density at radius 3 is 2.33 bits per heavy atom. The monoisotopic (exact) mass is 365 g/mol. The first-order chi connectivity index (χ1) is 12.9. The second-order valence-electron chi connectivity index (χ2n) is 6.04. The van der Waals surface area contributed by atoms with Gasteiger partial charge in [0, 0.05) is 11.9 Å². The van der Waals surface area contributed by atoms with Gasteiger partial charge in [-0.25, -0.2) is 4.98 Å². The number of aliphatic carboxylic acids is 1. The number of rotatable bonds is 6. The third-order valence-electron chi connectivity index (χ3n) is 4.37. The lowest BCUT2D eigenvalue weighted by molar-refractivity contribution is -0.138. The molecule has 1 amide bonds. The van der Waals surface area contributed by atoms with Gasteiger partial charge < -0.3 is 15.6 Å². The molecule has 0 bridgehead atoms. The Labute approximate surface area is 156 Å². The van der Waals surface area contributed by atoms with Crippen LogP contribution in [0.3, 0.4) is 0 Å². The van der Waals surface area contributed by atoms with Crippen molar-refractivity contribution in [2.24, 2.45) is 5.73 Å². The lowest BCUT2D eigenvalue weighted by atomic mass is 10.1. The third-order valence-corrected chi connectivity index (χ3v) is 4.37. The summed E-state index contributed by atoms with van der Waals surface area (Å²) in [5, 5.41) is 9.46. The van der Waals surface area contributed by atoms with Crippen LogP contribution in [0.5, 0.6) is 5.75 Å². The van der Waals surface area contributed by atoms with Gasteiger partial charge in [-0.2, -0.15) is 0 Å². The maximum absolute atomic E-state index is 11.5. The summed E-state index contributed by atoms with van der Waals surface area (Å²) in [4.78, 5) is 27.2. The van der Waals surface area contributed by atoms with Crippen LogP contribution in [0.25, 0.3) is 17.1 Å². The summed E-state index contributed by atoms with van der Waals surface area (Å²) in [6.07, 6.45) is 1.38. The van der Waals surface area contributed by atoms with Crippen LogP contribution in [0, 0.1) is 0 Å². The number of pyridine rings is 1. The average Bonchev–Trinajstić information content (AvgIpc) is 3.12. The third kappa shape index (κ3) is 3.52. The second-order valence-corrected chi connectivity index (χ2v) is 6.04. The molecule has 27 heavy (non-hydrogen) atoms. The summed E-state index contributed by atoms with van der Waals surface area (Å²) >= 11 is 0. The highest BCUT2D eigenvalue weighted by Gasteiger charge is 2.22. The Balaban J connectivity index is 2.16. The Kier molecular flexibility index (Phi) is 4.94. The van der Waals surface area contributed by atoms with Crippen molar-refractivity contribution in [1.29, 1.82) is 0 Å². The summed E-state index contributed by atoms with van der Waals surface area (Å²) in [5.74, 6) is -1.03. The van der Waals surface area contributed by atoms with Gasteiger partial charge in [0.25, 0.3) is 0 Å². The summed E-state index contributed by atoms with van der Waals surface area (Å²) in [5.41, 5.74) is 7.79. The van der Waals surface area contributed by atoms with Gasteiger partial charge >= 0.3 is 5.97 Å². The van der Waals surface area contributed by atoms with Crippen molar-refractivity contribution in [3.05, 3.63) is 66.0 Å². The molecule has 7 heteroatoms. The fraction of sp³-hybridized carbons (Fsp3) is 0.150. The number of ether oxygens (including phenoxy) is 1. The highest BCUT2D eigenvalue weighted by Crippen LogP contribution is 2.31. The van der Waals surface area contributed by atoms with Crippen LogP contribution in [0.2, 0.25) is 0 Å². The van der Waals surface area contributed by atoms with Gasteiger partial charge in [-0.15, -0.1) is 0 Å². The molecule has 3 rings (SSSR count). The van der Waals surface area contributed by atoms with Crippen LogP contribution in [-0.2, 0) is 4.79 Å². The molecule has 1 aromatic carbocycles. The zero-order valence-corrected chi connectivity index (χ0v) is 14.9. The first-order valence-electron chi connectivity index (χ1n) is 8.27. The van der Waals surface area contributed by atoms with E-state index in [-0.39, 0.29) is 5.56 Å². The van der Waals surface area contributed by atoms with E-state index >= 15 is 0 Å². The van der Waals surface area contributed by atoms with Crippen molar-refractivity contribution in [3.63, 3.8) is 0 Å². The van der Waals surface area contributed by atoms with E-state index in [9.17, 15) is 14.7 Å². The molecule has 0 fully saturated rings. The SMILES string of the molecule is COc1ccc(-c2ccc(C(C)C(=O)O)n2-c2ccc(C(N)=O)cn2)cc1. The van der Waals surface area contributed by atoms with Crippen LogP contribution < -0.4 is 10.5 Å². The Morgan fingerprint density at radius 2 is 1.81 bits per heavy atom. The van der Waals surface area contributed by atoms with E-state index in [1.807, 2.05) is 30.3 Å². The minimum Gasteiger partial charge on any atom is -0.497 e. The molecule has 3 aromatic rings. The van der Waals surface area contributed by atoms with Gasteiger partial charge in [0.2, 0.25) is 5.91 Å². The fourth-order valence-corrected chi connectivity index (χ4v) is 2.82. The first-order valence-corrected chi connectivity index (χ1v) is 8.27. The van der Waals surface area contributed by atoms with Gasteiger partial charge in [-0.05, 0) is 61.0 Å². The van der Waals surface area contributed by atoms with E-state index in [2.05, 4.69) is 4.98 Å².